The molecule has 0 bridgehead atoms. The summed E-state index contributed by atoms with van der Waals surface area (Å²) in [5, 5.41) is 9.15. The van der Waals surface area contributed by atoms with Crippen LogP contribution in [0.2, 0.25) is 0 Å². The number of hydrogen-bond acceptors (Lipinski definition) is 6. The first kappa shape index (κ1) is 26.3. The number of halogens is 1. The average molecular weight is 564 g/mol. The Hall–Kier alpha value is -4.89. The molecule has 0 saturated carbocycles. The number of aromatic nitrogens is 5. The van der Waals surface area contributed by atoms with Gasteiger partial charge in [-0.3, -0.25) is 4.79 Å². The lowest BCUT2D eigenvalue weighted by molar-refractivity contribution is 0.294. The Balaban J connectivity index is 1.39. The van der Waals surface area contributed by atoms with Crippen molar-refractivity contribution in [2.75, 3.05) is 6.61 Å². The number of nitrogens with zero attached hydrogens (tertiary/aromatic N) is 5. The van der Waals surface area contributed by atoms with E-state index in [1.165, 1.54) is 21.9 Å². The zero-order chi connectivity index (χ0) is 28.2. The van der Waals surface area contributed by atoms with Crippen molar-refractivity contribution in [3.05, 3.63) is 123 Å². The summed E-state index contributed by atoms with van der Waals surface area (Å²) in [7, 11) is 0. The topological polar surface area (TPSA) is 74.3 Å². The van der Waals surface area contributed by atoms with Crippen LogP contribution in [0.5, 0.6) is 5.75 Å². The van der Waals surface area contributed by atoms with Gasteiger partial charge in [0.15, 0.2) is 17.4 Å². The van der Waals surface area contributed by atoms with Gasteiger partial charge in [-0.1, -0.05) is 79.3 Å². The van der Waals surface area contributed by atoms with Gasteiger partial charge in [0.2, 0.25) is 4.96 Å². The van der Waals surface area contributed by atoms with Gasteiger partial charge in [-0.15, -0.1) is 5.10 Å². The van der Waals surface area contributed by atoms with Gasteiger partial charge in [0.1, 0.15) is 5.69 Å². The molecular weight excluding hydrogens is 537 g/mol. The Labute approximate surface area is 239 Å². The third-order valence-electron chi connectivity index (χ3n) is 6.43. The van der Waals surface area contributed by atoms with E-state index in [1.54, 1.807) is 29.0 Å². The zero-order valence-electron chi connectivity index (χ0n) is 22.3. The molecule has 41 heavy (non-hydrogen) atoms. The molecule has 3 heterocycles. The van der Waals surface area contributed by atoms with Gasteiger partial charge < -0.3 is 4.74 Å². The minimum absolute atomic E-state index is 0.208. The fourth-order valence-corrected chi connectivity index (χ4v) is 5.22. The lowest BCUT2D eigenvalue weighted by atomic mass is 10.1. The molecule has 0 aliphatic rings. The van der Waals surface area contributed by atoms with Gasteiger partial charge in [0, 0.05) is 17.3 Å². The first-order valence-electron chi connectivity index (χ1n) is 13.3. The molecule has 3 aromatic carbocycles. The molecule has 0 fully saturated rings. The maximum Gasteiger partial charge on any atom is 0.291 e. The Kier molecular flexibility index (Phi) is 7.51. The van der Waals surface area contributed by atoms with E-state index in [4.69, 9.17) is 9.84 Å². The summed E-state index contributed by atoms with van der Waals surface area (Å²) in [5.74, 6) is 0.205. The number of thiazole rings is 1. The summed E-state index contributed by atoms with van der Waals surface area (Å²) in [6.45, 7) is 2.51. The van der Waals surface area contributed by atoms with Crippen molar-refractivity contribution in [1.82, 2.24) is 24.4 Å². The first-order chi connectivity index (χ1) is 20.1. The van der Waals surface area contributed by atoms with Crippen LogP contribution < -0.4 is 14.8 Å². The van der Waals surface area contributed by atoms with Crippen LogP contribution in [-0.2, 0) is 0 Å². The van der Waals surface area contributed by atoms with Crippen LogP contribution in [0.1, 0.15) is 36.7 Å². The van der Waals surface area contributed by atoms with E-state index < -0.39 is 5.82 Å². The van der Waals surface area contributed by atoms with Crippen molar-refractivity contribution in [2.24, 2.45) is 0 Å². The minimum Gasteiger partial charge on any atom is -0.491 e. The molecule has 0 aliphatic heterocycles. The lowest BCUT2D eigenvalue weighted by Crippen LogP contribution is -2.23. The van der Waals surface area contributed by atoms with Crippen molar-refractivity contribution in [1.29, 1.82) is 0 Å². The third-order valence-corrected chi connectivity index (χ3v) is 7.39. The molecule has 3 aromatic heterocycles. The Morgan fingerprint density at radius 1 is 0.976 bits per heavy atom. The molecule has 0 amide bonds. The predicted octanol–water partition coefficient (Wildman–Crippen LogP) is 6.04. The van der Waals surface area contributed by atoms with E-state index in [9.17, 15) is 9.18 Å². The van der Waals surface area contributed by atoms with Gasteiger partial charge in [-0.05, 0) is 54.5 Å². The van der Waals surface area contributed by atoms with Gasteiger partial charge >= 0.3 is 0 Å². The molecule has 0 atom stereocenters. The van der Waals surface area contributed by atoms with Crippen LogP contribution in [0, 0.1) is 5.82 Å². The SMILES string of the molecule is CCCCOc1ccc(-c2nn(-c3ccccc3)cc2/C=c2\sc3nc(/C=C/c4ccccc4)nn3c2=O)cc1F. The molecule has 6 aromatic rings. The molecule has 6 rings (SSSR count). The smallest absolute Gasteiger partial charge is 0.291 e. The van der Waals surface area contributed by atoms with Crippen LogP contribution >= 0.6 is 11.3 Å². The largest absolute Gasteiger partial charge is 0.491 e. The summed E-state index contributed by atoms with van der Waals surface area (Å²) in [6.07, 6.45) is 9.09. The highest BCUT2D eigenvalue weighted by Gasteiger charge is 2.16. The van der Waals surface area contributed by atoms with Crippen LogP contribution in [0.3, 0.4) is 0 Å². The Morgan fingerprint density at radius 2 is 1.76 bits per heavy atom. The van der Waals surface area contributed by atoms with Crippen molar-refractivity contribution in [3.8, 4) is 22.7 Å². The molecule has 0 N–H and O–H groups in total. The number of rotatable bonds is 9. The highest BCUT2D eigenvalue weighted by atomic mass is 32.1. The highest BCUT2D eigenvalue weighted by Crippen LogP contribution is 2.29. The van der Waals surface area contributed by atoms with Crippen molar-refractivity contribution >= 4 is 34.5 Å². The predicted molar refractivity (Wildman–Crippen MR) is 161 cm³/mol. The Morgan fingerprint density at radius 3 is 2.49 bits per heavy atom. The van der Waals surface area contributed by atoms with Crippen LogP contribution in [0.15, 0.2) is 89.9 Å². The average Bonchev–Trinajstić information content (AvgIpc) is 3.68. The maximum atomic E-state index is 15.0. The molecule has 0 saturated heterocycles. The van der Waals surface area contributed by atoms with Crippen molar-refractivity contribution in [2.45, 2.75) is 19.8 Å². The molecule has 0 aliphatic carbocycles. The molecule has 0 unspecified atom stereocenters. The molecule has 9 heteroatoms. The second kappa shape index (κ2) is 11.7. The van der Waals surface area contributed by atoms with E-state index in [-0.39, 0.29) is 11.3 Å². The first-order valence-corrected chi connectivity index (χ1v) is 14.1. The van der Waals surface area contributed by atoms with Crippen LogP contribution in [-0.4, -0.2) is 31.0 Å². The summed E-state index contributed by atoms with van der Waals surface area (Å²) < 4.78 is 24.1. The van der Waals surface area contributed by atoms with E-state index in [0.717, 1.165) is 24.1 Å². The van der Waals surface area contributed by atoms with Gasteiger partial charge in [0.25, 0.3) is 5.56 Å². The second-order valence-electron chi connectivity index (χ2n) is 9.38. The minimum atomic E-state index is -0.460. The summed E-state index contributed by atoms with van der Waals surface area (Å²) in [6, 6.07) is 24.3. The van der Waals surface area contributed by atoms with Gasteiger partial charge in [-0.2, -0.15) is 14.6 Å². The quantitative estimate of drug-likeness (QED) is 0.201. The normalized spacial score (nSPS) is 12.1. The van der Waals surface area contributed by atoms with E-state index in [2.05, 4.69) is 17.0 Å². The van der Waals surface area contributed by atoms with Crippen LogP contribution in [0.4, 0.5) is 4.39 Å². The molecule has 0 spiro atoms. The van der Waals surface area contributed by atoms with Crippen molar-refractivity contribution in [3.63, 3.8) is 0 Å². The molecule has 204 valence electrons. The van der Waals surface area contributed by atoms with Crippen molar-refractivity contribution < 1.29 is 9.13 Å². The monoisotopic (exact) mass is 563 g/mol. The zero-order valence-corrected chi connectivity index (χ0v) is 23.1. The number of unbranched alkanes of at least 4 members (excludes halogenated alkanes) is 1. The number of para-hydroxylation sites is 1. The van der Waals surface area contributed by atoms with Gasteiger partial charge in [-0.25, -0.2) is 9.07 Å². The molecule has 7 nitrogen and oxygen atoms in total. The lowest BCUT2D eigenvalue weighted by Gasteiger charge is -2.08. The number of fused-ring (bicyclic) bond motifs is 1. The fraction of sp³-hybridized carbons (Fsp3) is 0.125. The van der Waals surface area contributed by atoms with Crippen LogP contribution in [0.25, 0.3) is 40.1 Å². The maximum absolute atomic E-state index is 15.0. The van der Waals surface area contributed by atoms with E-state index in [0.29, 0.717) is 38.7 Å². The third kappa shape index (κ3) is 5.71. The number of hydrogen-bond donors (Lipinski definition) is 0. The van der Waals surface area contributed by atoms with E-state index >= 15 is 0 Å². The second-order valence-corrected chi connectivity index (χ2v) is 10.4. The van der Waals surface area contributed by atoms with E-state index in [1.807, 2.05) is 72.9 Å². The highest BCUT2D eigenvalue weighted by molar-refractivity contribution is 7.15. The molecular formula is C32H26FN5O2S. The fourth-order valence-electron chi connectivity index (χ4n) is 4.32. The standard InChI is InChI=1S/C32H26FN5O2S/c1-2-3-18-40-27-16-15-23(19-26(27)33)30-24(21-37(36-30)25-12-8-5-9-13-25)20-28-31(39)38-32(41-28)34-29(35-38)17-14-22-10-6-4-7-11-22/h4-17,19-21H,2-3,18H2,1H3/b17-14+,28-20-. The number of ether oxygens (including phenoxy) is 1. The molecule has 0 radical (unpaired) electrons. The number of benzene rings is 3. The summed E-state index contributed by atoms with van der Waals surface area (Å²) in [5.41, 5.74) is 3.36. The Bertz CT molecular complexity index is 1950. The summed E-state index contributed by atoms with van der Waals surface area (Å²) >= 11 is 1.24. The van der Waals surface area contributed by atoms with Gasteiger partial charge in [0.05, 0.1) is 16.8 Å². The summed E-state index contributed by atoms with van der Waals surface area (Å²) in [4.78, 5) is 18.3.